The van der Waals surface area contributed by atoms with E-state index in [9.17, 15) is 4.79 Å². The molecule has 24 heavy (non-hydrogen) atoms. The van der Waals surface area contributed by atoms with Crippen molar-refractivity contribution >= 4 is 23.3 Å². The van der Waals surface area contributed by atoms with Gasteiger partial charge in [-0.05, 0) is 41.9 Å². The minimum absolute atomic E-state index is 0.333. The van der Waals surface area contributed by atoms with Crippen LogP contribution in [0.15, 0.2) is 30.1 Å². The topological polar surface area (TPSA) is 89.1 Å². The molecule has 1 aliphatic heterocycles. The zero-order chi connectivity index (χ0) is 17.2. The number of hydroxylamine groups is 1. The SMILES string of the molecule is COc1cccc(/C=C2/N[SH](CCCCCCC(=O)NO)OO2)c1. The van der Waals surface area contributed by atoms with Gasteiger partial charge in [0.25, 0.3) is 0 Å². The number of amides is 1. The number of nitrogens with one attached hydrogen (secondary N) is 2. The second-order valence-electron chi connectivity index (χ2n) is 5.36. The molecule has 2 rings (SSSR count). The first-order valence-electron chi connectivity index (χ1n) is 7.89. The lowest BCUT2D eigenvalue weighted by Gasteiger charge is -2.09. The molecule has 1 heterocycles. The van der Waals surface area contributed by atoms with Crippen LogP contribution in [0.1, 0.15) is 37.7 Å². The van der Waals surface area contributed by atoms with Gasteiger partial charge in [0.1, 0.15) is 5.75 Å². The predicted octanol–water partition coefficient (Wildman–Crippen LogP) is 2.83. The van der Waals surface area contributed by atoms with Crippen molar-refractivity contribution in [3.05, 3.63) is 35.7 Å². The number of benzene rings is 1. The summed E-state index contributed by atoms with van der Waals surface area (Å²) in [6, 6.07) is 7.68. The highest BCUT2D eigenvalue weighted by molar-refractivity contribution is 8.11. The van der Waals surface area contributed by atoms with E-state index < -0.39 is 11.4 Å². The minimum atomic E-state index is -0.819. The monoisotopic (exact) mass is 356 g/mol. The number of unbranched alkanes of at least 4 members (excludes halogenated alkanes) is 3. The van der Waals surface area contributed by atoms with Crippen LogP contribution in [0.3, 0.4) is 0 Å². The first kappa shape index (κ1) is 18.4. The van der Waals surface area contributed by atoms with Gasteiger partial charge in [0.15, 0.2) is 0 Å². The van der Waals surface area contributed by atoms with Crippen LogP contribution in [0, 0.1) is 0 Å². The molecule has 1 amide bonds. The molecular weight excluding hydrogens is 332 g/mol. The van der Waals surface area contributed by atoms with E-state index in [-0.39, 0.29) is 5.91 Å². The van der Waals surface area contributed by atoms with Gasteiger partial charge in [0, 0.05) is 18.2 Å². The number of carbonyl (C=O) groups is 1. The summed E-state index contributed by atoms with van der Waals surface area (Å²) in [7, 11) is 1.63. The van der Waals surface area contributed by atoms with Gasteiger partial charge >= 0.3 is 0 Å². The highest BCUT2D eigenvalue weighted by atomic mass is 32.2. The standard InChI is InChI=1S/C16H24N2O5S/c1-21-14-8-6-7-13(11-14)12-16-18-24(23-22-16)10-5-3-2-4-9-15(19)17-20/h6-8,11-12,18,20,24H,2-5,9-10H2,1H3,(H,17,19)/b16-12-. The lowest BCUT2D eigenvalue weighted by molar-refractivity contribution is -0.135. The fourth-order valence-electron chi connectivity index (χ4n) is 2.23. The van der Waals surface area contributed by atoms with E-state index in [1.165, 1.54) is 0 Å². The molecule has 0 bridgehead atoms. The Hall–Kier alpha value is -1.90. The van der Waals surface area contributed by atoms with Gasteiger partial charge in [-0.1, -0.05) is 25.0 Å². The van der Waals surface area contributed by atoms with Gasteiger partial charge < -0.3 is 9.62 Å². The Balaban J connectivity index is 1.65. The number of methoxy groups -OCH3 is 1. The quantitative estimate of drug-likeness (QED) is 0.179. The molecule has 1 unspecified atom stereocenters. The van der Waals surface area contributed by atoms with Crippen LogP contribution in [-0.4, -0.2) is 24.0 Å². The molecule has 0 spiro atoms. The second kappa shape index (κ2) is 10.1. The van der Waals surface area contributed by atoms with Gasteiger partial charge in [-0.2, -0.15) is 0 Å². The molecule has 0 radical (unpaired) electrons. The van der Waals surface area contributed by atoms with Gasteiger partial charge in [0.2, 0.25) is 11.8 Å². The van der Waals surface area contributed by atoms with E-state index in [1.54, 1.807) is 12.6 Å². The molecule has 8 heteroatoms. The maximum Gasteiger partial charge on any atom is 0.243 e. The van der Waals surface area contributed by atoms with Crippen molar-refractivity contribution in [1.29, 1.82) is 0 Å². The third kappa shape index (κ3) is 6.31. The Kier molecular flexibility index (Phi) is 7.73. The Labute approximate surface area is 144 Å². The van der Waals surface area contributed by atoms with Crippen LogP contribution in [0.2, 0.25) is 0 Å². The van der Waals surface area contributed by atoms with E-state index in [1.807, 2.05) is 30.3 Å². The van der Waals surface area contributed by atoms with Gasteiger partial charge in [-0.15, -0.1) is 4.33 Å². The molecule has 1 saturated heterocycles. The Morgan fingerprint density at radius 2 is 2.21 bits per heavy atom. The van der Waals surface area contributed by atoms with Crippen LogP contribution < -0.4 is 14.9 Å². The maximum atomic E-state index is 10.9. The largest absolute Gasteiger partial charge is 0.497 e. The highest BCUT2D eigenvalue weighted by Crippen LogP contribution is 2.33. The van der Waals surface area contributed by atoms with Crippen LogP contribution in [0.4, 0.5) is 0 Å². The molecule has 1 aromatic rings. The van der Waals surface area contributed by atoms with Crippen molar-refractivity contribution < 1.29 is 24.0 Å². The first-order valence-corrected chi connectivity index (χ1v) is 9.33. The normalized spacial score (nSPS) is 19.6. The summed E-state index contributed by atoms with van der Waals surface area (Å²) in [6.45, 7) is 0. The van der Waals surface area contributed by atoms with E-state index in [4.69, 9.17) is 19.2 Å². The fourth-order valence-corrected chi connectivity index (χ4v) is 3.48. The highest BCUT2D eigenvalue weighted by Gasteiger charge is 2.17. The summed E-state index contributed by atoms with van der Waals surface area (Å²) in [5.74, 6) is 1.95. The van der Waals surface area contributed by atoms with Crippen molar-refractivity contribution in [2.45, 2.75) is 32.1 Å². The molecule has 0 aromatic heterocycles. The predicted molar refractivity (Wildman–Crippen MR) is 93.1 cm³/mol. The Bertz CT molecular complexity index is 567. The number of hydrogen-bond donors (Lipinski definition) is 4. The summed E-state index contributed by atoms with van der Waals surface area (Å²) in [5, 5.41) is 8.39. The lowest BCUT2D eigenvalue weighted by atomic mass is 10.1. The molecular formula is C16H24N2O5S. The van der Waals surface area contributed by atoms with Crippen LogP contribution in [-0.2, 0) is 14.0 Å². The fraction of sp³-hybridized carbons (Fsp3) is 0.438. The van der Waals surface area contributed by atoms with E-state index >= 15 is 0 Å². The van der Waals surface area contributed by atoms with Crippen molar-refractivity contribution in [3.63, 3.8) is 0 Å². The molecule has 134 valence electrons. The van der Waals surface area contributed by atoms with E-state index in [0.29, 0.717) is 12.3 Å². The zero-order valence-corrected chi connectivity index (χ0v) is 14.6. The molecule has 0 aliphatic carbocycles. The summed E-state index contributed by atoms with van der Waals surface area (Å²) >= 11 is -0.819. The smallest absolute Gasteiger partial charge is 0.243 e. The maximum absolute atomic E-state index is 10.9. The Morgan fingerprint density at radius 1 is 1.38 bits per heavy atom. The number of ether oxygens (including phenoxy) is 1. The van der Waals surface area contributed by atoms with Crippen molar-refractivity contribution in [2.75, 3.05) is 12.9 Å². The third-order valence-corrected chi connectivity index (χ3v) is 4.93. The molecule has 1 fully saturated rings. The molecule has 1 aromatic carbocycles. The summed E-state index contributed by atoms with van der Waals surface area (Å²) in [6.07, 6.45) is 5.96. The lowest BCUT2D eigenvalue weighted by Crippen LogP contribution is -2.17. The summed E-state index contributed by atoms with van der Waals surface area (Å²) in [5.41, 5.74) is 2.61. The van der Waals surface area contributed by atoms with Crippen LogP contribution >= 0.6 is 11.4 Å². The molecule has 0 saturated carbocycles. The molecule has 1 aliphatic rings. The molecule has 1 atom stereocenters. The van der Waals surface area contributed by atoms with Gasteiger partial charge in [-0.3, -0.25) is 14.7 Å². The van der Waals surface area contributed by atoms with Gasteiger partial charge in [-0.25, -0.2) is 5.48 Å². The third-order valence-electron chi connectivity index (χ3n) is 3.48. The number of hydrogen-bond acceptors (Lipinski definition) is 6. The number of thiol groups is 1. The minimum Gasteiger partial charge on any atom is -0.497 e. The summed E-state index contributed by atoms with van der Waals surface area (Å²) < 4.78 is 13.7. The number of carbonyl (C=O) groups excluding carboxylic acids is 1. The van der Waals surface area contributed by atoms with E-state index in [0.717, 1.165) is 42.7 Å². The number of rotatable bonds is 9. The second-order valence-corrected chi connectivity index (χ2v) is 6.93. The Morgan fingerprint density at radius 3 is 3.00 bits per heavy atom. The molecule has 7 nitrogen and oxygen atoms in total. The van der Waals surface area contributed by atoms with Crippen molar-refractivity contribution in [3.8, 4) is 5.75 Å². The first-order chi connectivity index (χ1) is 11.7. The van der Waals surface area contributed by atoms with Gasteiger partial charge in [0.05, 0.1) is 7.11 Å². The van der Waals surface area contributed by atoms with E-state index in [2.05, 4.69) is 4.72 Å². The van der Waals surface area contributed by atoms with Crippen molar-refractivity contribution in [1.82, 2.24) is 10.2 Å². The molecule has 3 N–H and O–H groups in total. The van der Waals surface area contributed by atoms with Crippen LogP contribution in [0.25, 0.3) is 6.08 Å². The average molecular weight is 356 g/mol. The van der Waals surface area contributed by atoms with Crippen molar-refractivity contribution in [2.24, 2.45) is 0 Å². The summed E-state index contributed by atoms with van der Waals surface area (Å²) in [4.78, 5) is 16.1. The van der Waals surface area contributed by atoms with Crippen LogP contribution in [0.5, 0.6) is 5.75 Å². The average Bonchev–Trinajstić information content (AvgIpc) is 3.05. The zero-order valence-electron chi connectivity index (χ0n) is 13.7.